The first-order chi connectivity index (χ1) is 7.40. The number of rotatable bonds is 4. The van der Waals surface area contributed by atoms with Gasteiger partial charge in [0.2, 0.25) is 5.91 Å². The Kier molecular flexibility index (Phi) is 2.68. The summed E-state index contributed by atoms with van der Waals surface area (Å²) in [5, 5.41) is 11.7. The van der Waals surface area contributed by atoms with E-state index in [-0.39, 0.29) is 18.4 Å². The van der Waals surface area contributed by atoms with E-state index in [9.17, 15) is 9.59 Å². The van der Waals surface area contributed by atoms with Crippen molar-refractivity contribution in [2.24, 2.45) is 23.2 Å². The van der Waals surface area contributed by atoms with Crippen molar-refractivity contribution in [2.45, 2.75) is 33.1 Å². The first kappa shape index (κ1) is 11.4. The number of hydrogen-bond donors (Lipinski definition) is 2. The smallest absolute Gasteiger partial charge is 0.310 e. The van der Waals surface area contributed by atoms with Crippen molar-refractivity contribution >= 4 is 11.9 Å². The molecular formula is C12H19NO3. The molecule has 2 unspecified atom stereocenters. The highest BCUT2D eigenvalue weighted by atomic mass is 16.4. The summed E-state index contributed by atoms with van der Waals surface area (Å²) < 4.78 is 0. The minimum absolute atomic E-state index is 0.0431. The normalized spacial score (nSPS) is 32.0. The standard InChI is InChI=1S/C12H19NO3/c1-12(2,11(15)16)6-13-10(14)9-4-7-3-8(7)5-9/h7-9H,3-6H2,1-2H3,(H,13,14)(H,15,16). The number of aliphatic carboxylic acids is 1. The van der Waals surface area contributed by atoms with Crippen molar-refractivity contribution in [2.75, 3.05) is 6.54 Å². The van der Waals surface area contributed by atoms with E-state index in [4.69, 9.17) is 5.11 Å². The maximum absolute atomic E-state index is 11.8. The third-order valence-electron chi connectivity index (χ3n) is 3.90. The second-order valence-electron chi connectivity index (χ2n) is 5.83. The molecule has 2 atom stereocenters. The molecule has 4 nitrogen and oxygen atoms in total. The highest BCUT2D eigenvalue weighted by Crippen LogP contribution is 2.54. The average molecular weight is 225 g/mol. The molecule has 16 heavy (non-hydrogen) atoms. The minimum atomic E-state index is -0.878. The van der Waals surface area contributed by atoms with E-state index in [1.165, 1.54) is 6.42 Å². The van der Waals surface area contributed by atoms with Gasteiger partial charge in [0, 0.05) is 12.5 Å². The Morgan fingerprint density at radius 3 is 2.31 bits per heavy atom. The molecule has 1 amide bonds. The van der Waals surface area contributed by atoms with Crippen LogP contribution in [-0.2, 0) is 9.59 Å². The molecule has 2 saturated carbocycles. The molecule has 2 fully saturated rings. The van der Waals surface area contributed by atoms with Crippen LogP contribution in [0, 0.1) is 23.2 Å². The molecule has 0 heterocycles. The van der Waals surface area contributed by atoms with Gasteiger partial charge in [0.1, 0.15) is 0 Å². The fourth-order valence-electron chi connectivity index (χ4n) is 2.46. The Balaban J connectivity index is 1.77. The Hall–Kier alpha value is -1.06. The number of fused-ring (bicyclic) bond motifs is 1. The van der Waals surface area contributed by atoms with Crippen molar-refractivity contribution in [3.05, 3.63) is 0 Å². The van der Waals surface area contributed by atoms with Crippen molar-refractivity contribution in [1.82, 2.24) is 5.32 Å². The van der Waals surface area contributed by atoms with Gasteiger partial charge in [-0.15, -0.1) is 0 Å². The van der Waals surface area contributed by atoms with Crippen LogP contribution in [0.25, 0.3) is 0 Å². The van der Waals surface area contributed by atoms with Crippen LogP contribution in [-0.4, -0.2) is 23.5 Å². The maximum atomic E-state index is 11.8. The van der Waals surface area contributed by atoms with E-state index >= 15 is 0 Å². The van der Waals surface area contributed by atoms with Gasteiger partial charge in [-0.05, 0) is 44.9 Å². The second-order valence-corrected chi connectivity index (χ2v) is 5.83. The summed E-state index contributed by atoms with van der Waals surface area (Å²) in [6.45, 7) is 3.47. The quantitative estimate of drug-likeness (QED) is 0.757. The number of carboxylic acid groups (broad SMARTS) is 1. The van der Waals surface area contributed by atoms with E-state index < -0.39 is 11.4 Å². The number of carboxylic acids is 1. The molecule has 0 bridgehead atoms. The number of amides is 1. The monoisotopic (exact) mass is 225 g/mol. The summed E-state index contributed by atoms with van der Waals surface area (Å²) in [6, 6.07) is 0. The molecular weight excluding hydrogens is 206 g/mol. The molecule has 0 aromatic heterocycles. The summed E-state index contributed by atoms with van der Waals surface area (Å²) in [5.74, 6) is 0.864. The highest BCUT2D eigenvalue weighted by Gasteiger charge is 2.48. The van der Waals surface area contributed by atoms with Crippen molar-refractivity contribution in [3.63, 3.8) is 0 Å². The van der Waals surface area contributed by atoms with E-state index in [1.807, 2.05) is 0 Å². The lowest BCUT2D eigenvalue weighted by molar-refractivity contribution is -0.146. The fourth-order valence-corrected chi connectivity index (χ4v) is 2.46. The van der Waals surface area contributed by atoms with Crippen LogP contribution >= 0.6 is 0 Å². The fraction of sp³-hybridized carbons (Fsp3) is 0.833. The van der Waals surface area contributed by atoms with Gasteiger partial charge in [0.15, 0.2) is 0 Å². The van der Waals surface area contributed by atoms with Gasteiger partial charge in [-0.2, -0.15) is 0 Å². The summed E-state index contributed by atoms with van der Waals surface area (Å²) in [4.78, 5) is 22.6. The van der Waals surface area contributed by atoms with Crippen molar-refractivity contribution in [3.8, 4) is 0 Å². The van der Waals surface area contributed by atoms with E-state index in [2.05, 4.69) is 5.32 Å². The van der Waals surface area contributed by atoms with Crippen molar-refractivity contribution in [1.29, 1.82) is 0 Å². The van der Waals surface area contributed by atoms with Gasteiger partial charge in [0.05, 0.1) is 5.41 Å². The average Bonchev–Trinajstić information content (AvgIpc) is 2.82. The van der Waals surface area contributed by atoms with Crippen LogP contribution in [0.1, 0.15) is 33.1 Å². The van der Waals surface area contributed by atoms with Crippen LogP contribution in [0.4, 0.5) is 0 Å². The molecule has 0 saturated heterocycles. The zero-order valence-electron chi connectivity index (χ0n) is 9.82. The topological polar surface area (TPSA) is 66.4 Å². The lowest BCUT2D eigenvalue weighted by Crippen LogP contribution is -2.41. The molecule has 0 aliphatic heterocycles. The third kappa shape index (κ3) is 2.20. The van der Waals surface area contributed by atoms with Crippen molar-refractivity contribution < 1.29 is 14.7 Å². The third-order valence-corrected chi connectivity index (χ3v) is 3.90. The molecule has 0 aromatic rings. The van der Waals surface area contributed by atoms with Gasteiger partial charge in [-0.1, -0.05) is 0 Å². The number of nitrogens with one attached hydrogen (secondary N) is 1. The van der Waals surface area contributed by atoms with Crippen LogP contribution in [0.3, 0.4) is 0 Å². The highest BCUT2D eigenvalue weighted by molar-refractivity contribution is 5.80. The molecule has 0 radical (unpaired) electrons. The van der Waals surface area contributed by atoms with Gasteiger partial charge >= 0.3 is 5.97 Å². The number of carbonyl (C=O) groups excluding carboxylic acids is 1. The second kappa shape index (κ2) is 3.75. The minimum Gasteiger partial charge on any atom is -0.481 e. The Labute approximate surface area is 95.4 Å². The summed E-state index contributed by atoms with van der Waals surface area (Å²) in [7, 11) is 0. The zero-order valence-corrected chi connectivity index (χ0v) is 9.82. The zero-order chi connectivity index (χ0) is 11.9. The van der Waals surface area contributed by atoms with Gasteiger partial charge in [-0.3, -0.25) is 9.59 Å². The molecule has 4 heteroatoms. The molecule has 0 spiro atoms. The van der Waals surface area contributed by atoms with E-state index in [0.29, 0.717) is 0 Å². The van der Waals surface area contributed by atoms with Crippen LogP contribution in [0.2, 0.25) is 0 Å². The van der Waals surface area contributed by atoms with Gasteiger partial charge in [-0.25, -0.2) is 0 Å². The molecule has 2 N–H and O–H groups in total. The summed E-state index contributed by atoms with van der Waals surface area (Å²) in [5.41, 5.74) is -0.878. The molecule has 2 rings (SSSR count). The Morgan fingerprint density at radius 1 is 1.25 bits per heavy atom. The van der Waals surface area contributed by atoms with Crippen LogP contribution in [0.5, 0.6) is 0 Å². The first-order valence-corrected chi connectivity index (χ1v) is 5.91. The largest absolute Gasteiger partial charge is 0.481 e. The SMILES string of the molecule is CC(C)(CNC(=O)C1CC2CC2C1)C(=O)O. The first-order valence-electron chi connectivity index (χ1n) is 5.91. The number of carbonyl (C=O) groups is 2. The van der Waals surface area contributed by atoms with E-state index in [0.717, 1.165) is 24.7 Å². The number of hydrogen-bond acceptors (Lipinski definition) is 2. The maximum Gasteiger partial charge on any atom is 0.310 e. The van der Waals surface area contributed by atoms with Gasteiger partial charge in [0.25, 0.3) is 0 Å². The van der Waals surface area contributed by atoms with Crippen LogP contribution < -0.4 is 5.32 Å². The summed E-state index contributed by atoms with van der Waals surface area (Å²) >= 11 is 0. The molecule has 0 aromatic carbocycles. The predicted octanol–water partition coefficient (Wildman–Crippen LogP) is 1.26. The Bertz CT molecular complexity index is 314. The Morgan fingerprint density at radius 2 is 1.81 bits per heavy atom. The van der Waals surface area contributed by atoms with Gasteiger partial charge < -0.3 is 10.4 Å². The van der Waals surface area contributed by atoms with Crippen LogP contribution in [0.15, 0.2) is 0 Å². The molecule has 2 aliphatic rings. The lowest BCUT2D eigenvalue weighted by atomic mass is 9.93. The molecule has 90 valence electrons. The lowest BCUT2D eigenvalue weighted by Gasteiger charge is -2.21. The summed E-state index contributed by atoms with van der Waals surface area (Å²) in [6.07, 6.45) is 3.30. The van der Waals surface area contributed by atoms with E-state index in [1.54, 1.807) is 13.8 Å². The molecule has 2 aliphatic carbocycles. The predicted molar refractivity (Wildman–Crippen MR) is 58.7 cm³/mol.